The van der Waals surface area contributed by atoms with Gasteiger partial charge < -0.3 is 9.88 Å². The Morgan fingerprint density at radius 3 is 2.44 bits per heavy atom. The summed E-state index contributed by atoms with van der Waals surface area (Å²) in [5.74, 6) is -0.188. The average molecular weight is 391 g/mol. The minimum absolute atomic E-state index is 0.00994. The molecule has 0 aliphatic carbocycles. The number of hydrogen-bond donors (Lipinski definition) is 1. The van der Waals surface area contributed by atoms with Crippen LogP contribution in [-0.4, -0.2) is 41.3 Å². The smallest absolute Gasteiger partial charge is 0.262 e. The van der Waals surface area contributed by atoms with Gasteiger partial charge in [-0.1, -0.05) is 42.7 Å². The Balaban J connectivity index is 1.58. The van der Waals surface area contributed by atoms with E-state index in [-0.39, 0.29) is 17.5 Å². The second-order valence-electron chi connectivity index (χ2n) is 6.96. The van der Waals surface area contributed by atoms with Gasteiger partial charge >= 0.3 is 0 Å². The van der Waals surface area contributed by atoms with Crippen molar-refractivity contribution in [1.29, 1.82) is 0 Å². The van der Waals surface area contributed by atoms with Gasteiger partial charge in [-0.25, -0.2) is 13.4 Å². The lowest BCUT2D eigenvalue weighted by atomic mass is 10.1. The van der Waals surface area contributed by atoms with E-state index in [4.69, 9.17) is 0 Å². The highest BCUT2D eigenvalue weighted by molar-refractivity contribution is 7.89. The first-order chi connectivity index (χ1) is 12.9. The van der Waals surface area contributed by atoms with Crippen LogP contribution in [0.25, 0.3) is 0 Å². The van der Waals surface area contributed by atoms with E-state index in [1.807, 2.05) is 31.2 Å². The van der Waals surface area contributed by atoms with Crippen LogP contribution >= 0.6 is 0 Å². The van der Waals surface area contributed by atoms with Crippen LogP contribution in [0, 0.1) is 6.92 Å². The summed E-state index contributed by atoms with van der Waals surface area (Å²) in [5.41, 5.74) is 2.19. The second-order valence-corrected chi connectivity index (χ2v) is 8.85. The third-order valence-corrected chi connectivity index (χ3v) is 6.50. The zero-order chi connectivity index (χ0) is 19.3. The van der Waals surface area contributed by atoms with Crippen LogP contribution in [0.15, 0.2) is 41.8 Å². The molecule has 0 unspecified atom stereocenters. The first kappa shape index (κ1) is 19.6. The Morgan fingerprint density at radius 2 is 1.78 bits per heavy atom. The lowest BCUT2D eigenvalue weighted by molar-refractivity contribution is -0.121. The first-order valence-corrected chi connectivity index (χ1v) is 10.7. The summed E-state index contributed by atoms with van der Waals surface area (Å²) < 4.78 is 28.5. The number of hydrogen-bond acceptors (Lipinski definition) is 4. The van der Waals surface area contributed by atoms with Crippen molar-refractivity contribution in [2.24, 2.45) is 0 Å². The van der Waals surface area contributed by atoms with Crippen LogP contribution in [0.1, 0.15) is 36.8 Å². The Kier molecular flexibility index (Phi) is 6.28. The number of imidazole rings is 1. The van der Waals surface area contributed by atoms with Gasteiger partial charge in [0, 0.05) is 25.8 Å². The Bertz CT molecular complexity index is 867. The predicted octanol–water partition coefficient (Wildman–Crippen LogP) is 2.07. The SMILES string of the molecule is Cc1ccc(CNC(=O)Cn2cnc(S(=O)(=O)N3CCCCCC3)c2)cc1. The molecule has 0 atom stereocenters. The number of aromatic nitrogens is 2. The maximum atomic E-state index is 12.7. The first-order valence-electron chi connectivity index (χ1n) is 9.29. The number of nitrogens with one attached hydrogen (secondary N) is 1. The quantitative estimate of drug-likeness (QED) is 0.818. The molecular formula is C19H26N4O3S. The second kappa shape index (κ2) is 8.67. The molecule has 3 rings (SSSR count). The number of benzene rings is 1. The molecule has 1 amide bonds. The summed E-state index contributed by atoms with van der Waals surface area (Å²) in [4.78, 5) is 16.2. The van der Waals surface area contributed by atoms with Crippen molar-refractivity contribution in [3.05, 3.63) is 47.9 Å². The molecule has 2 heterocycles. The molecule has 1 N–H and O–H groups in total. The third-order valence-electron chi connectivity index (χ3n) is 4.72. The predicted molar refractivity (Wildman–Crippen MR) is 102 cm³/mol. The Labute approximate surface area is 160 Å². The van der Waals surface area contributed by atoms with Gasteiger partial charge in [-0.2, -0.15) is 4.31 Å². The van der Waals surface area contributed by atoms with Crippen molar-refractivity contribution in [2.45, 2.75) is 50.7 Å². The molecule has 146 valence electrons. The molecule has 0 saturated carbocycles. The lowest BCUT2D eigenvalue weighted by Crippen LogP contribution is -2.32. The molecule has 0 bridgehead atoms. The summed E-state index contributed by atoms with van der Waals surface area (Å²) in [5, 5.41) is 2.85. The highest BCUT2D eigenvalue weighted by Gasteiger charge is 2.27. The molecule has 1 aromatic carbocycles. The van der Waals surface area contributed by atoms with E-state index in [2.05, 4.69) is 10.3 Å². The molecule has 1 saturated heterocycles. The van der Waals surface area contributed by atoms with Gasteiger partial charge in [0.2, 0.25) is 5.91 Å². The number of aryl methyl sites for hydroxylation is 1. The van der Waals surface area contributed by atoms with Crippen LogP contribution in [0.3, 0.4) is 0 Å². The highest BCUT2D eigenvalue weighted by Crippen LogP contribution is 2.18. The molecule has 1 fully saturated rings. The fraction of sp³-hybridized carbons (Fsp3) is 0.474. The lowest BCUT2D eigenvalue weighted by Gasteiger charge is -2.18. The summed E-state index contributed by atoms with van der Waals surface area (Å²) in [6, 6.07) is 7.94. The number of carbonyl (C=O) groups is 1. The van der Waals surface area contributed by atoms with E-state index in [9.17, 15) is 13.2 Å². The van der Waals surface area contributed by atoms with Gasteiger partial charge in [0.15, 0.2) is 5.03 Å². The van der Waals surface area contributed by atoms with Gasteiger partial charge in [0.05, 0.1) is 6.33 Å². The minimum Gasteiger partial charge on any atom is -0.350 e. The molecule has 7 nitrogen and oxygen atoms in total. The topological polar surface area (TPSA) is 84.3 Å². The summed E-state index contributed by atoms with van der Waals surface area (Å²) in [6.45, 7) is 3.55. The molecule has 0 spiro atoms. The number of carbonyl (C=O) groups excluding carboxylic acids is 1. The van der Waals surface area contributed by atoms with Crippen molar-refractivity contribution >= 4 is 15.9 Å². The van der Waals surface area contributed by atoms with Gasteiger partial charge in [0.1, 0.15) is 6.54 Å². The molecule has 1 aliphatic heterocycles. The number of amides is 1. The van der Waals surface area contributed by atoms with E-state index in [1.54, 1.807) is 0 Å². The maximum Gasteiger partial charge on any atom is 0.262 e. The van der Waals surface area contributed by atoms with E-state index in [1.165, 1.54) is 27.0 Å². The van der Waals surface area contributed by atoms with Crippen molar-refractivity contribution in [1.82, 2.24) is 19.2 Å². The number of sulfonamides is 1. The Morgan fingerprint density at radius 1 is 1.11 bits per heavy atom. The van der Waals surface area contributed by atoms with Crippen LogP contribution in [0.2, 0.25) is 0 Å². The summed E-state index contributed by atoms with van der Waals surface area (Å²) in [7, 11) is -3.59. The van der Waals surface area contributed by atoms with E-state index in [0.717, 1.165) is 31.2 Å². The summed E-state index contributed by atoms with van der Waals surface area (Å²) >= 11 is 0. The van der Waals surface area contributed by atoms with E-state index < -0.39 is 10.0 Å². The number of rotatable bonds is 6. The molecule has 1 aliphatic rings. The van der Waals surface area contributed by atoms with Crippen LogP contribution in [0.5, 0.6) is 0 Å². The zero-order valence-corrected chi connectivity index (χ0v) is 16.4. The van der Waals surface area contributed by atoms with Crippen LogP contribution < -0.4 is 5.32 Å². The maximum absolute atomic E-state index is 12.7. The fourth-order valence-corrected chi connectivity index (χ4v) is 4.55. The Hall–Kier alpha value is -2.19. The van der Waals surface area contributed by atoms with Crippen molar-refractivity contribution < 1.29 is 13.2 Å². The fourth-order valence-electron chi connectivity index (χ4n) is 3.10. The standard InChI is InChI=1S/C19H26N4O3S/c1-16-6-8-17(9-7-16)12-20-18(24)13-22-14-19(21-15-22)27(25,26)23-10-4-2-3-5-11-23/h6-9,14-15H,2-5,10-13H2,1H3,(H,20,24). The molecule has 27 heavy (non-hydrogen) atoms. The van der Waals surface area contributed by atoms with Gasteiger partial charge in [0.25, 0.3) is 10.0 Å². The van der Waals surface area contributed by atoms with Crippen molar-refractivity contribution in [2.75, 3.05) is 13.1 Å². The summed E-state index contributed by atoms with van der Waals surface area (Å²) in [6.07, 6.45) is 6.70. The van der Waals surface area contributed by atoms with E-state index in [0.29, 0.717) is 19.6 Å². The molecule has 1 aromatic heterocycles. The van der Waals surface area contributed by atoms with Crippen LogP contribution in [0.4, 0.5) is 0 Å². The normalized spacial score (nSPS) is 16.0. The monoisotopic (exact) mass is 390 g/mol. The van der Waals surface area contributed by atoms with Crippen LogP contribution in [-0.2, 0) is 27.9 Å². The van der Waals surface area contributed by atoms with Gasteiger partial charge in [-0.3, -0.25) is 4.79 Å². The highest BCUT2D eigenvalue weighted by atomic mass is 32.2. The molecular weight excluding hydrogens is 364 g/mol. The van der Waals surface area contributed by atoms with E-state index >= 15 is 0 Å². The van der Waals surface area contributed by atoms with Gasteiger partial charge in [-0.05, 0) is 25.3 Å². The minimum atomic E-state index is -3.59. The van der Waals surface area contributed by atoms with Gasteiger partial charge in [-0.15, -0.1) is 0 Å². The zero-order valence-electron chi connectivity index (χ0n) is 15.6. The van der Waals surface area contributed by atoms with Crippen molar-refractivity contribution in [3.63, 3.8) is 0 Å². The molecule has 2 aromatic rings. The third kappa shape index (κ3) is 5.17. The molecule has 0 radical (unpaired) electrons. The average Bonchev–Trinajstić information content (AvgIpc) is 2.94. The van der Waals surface area contributed by atoms with Crippen molar-refractivity contribution in [3.8, 4) is 0 Å². The largest absolute Gasteiger partial charge is 0.350 e. The molecule has 8 heteroatoms. The number of nitrogens with zero attached hydrogens (tertiary/aromatic N) is 3.